The van der Waals surface area contributed by atoms with E-state index in [-0.39, 0.29) is 93.2 Å². The molecule has 0 spiro atoms. The first-order valence-corrected chi connectivity index (χ1v) is 28.8. The summed E-state index contributed by atoms with van der Waals surface area (Å²) in [5.74, 6) is 0.534. The molecule has 0 saturated carbocycles. The number of hydrogen-bond donors (Lipinski definition) is 6. The van der Waals surface area contributed by atoms with Gasteiger partial charge in [-0.1, -0.05) is 159 Å². The van der Waals surface area contributed by atoms with Gasteiger partial charge in [-0.3, -0.25) is 33.6 Å². The Labute approximate surface area is 499 Å². The number of carboxylic acid groups (broad SMARTS) is 2. The highest BCUT2D eigenvalue weighted by Gasteiger charge is 2.42. The van der Waals surface area contributed by atoms with Crippen molar-refractivity contribution in [1.82, 2.24) is 26.2 Å². The number of rotatable bonds is 28. The summed E-state index contributed by atoms with van der Waals surface area (Å²) in [6.07, 6.45) is -0.213. The van der Waals surface area contributed by atoms with Crippen molar-refractivity contribution in [3.8, 4) is 11.8 Å². The number of carbonyl (C=O) groups excluding carboxylic acids is 7. The van der Waals surface area contributed by atoms with Gasteiger partial charge >= 0.3 is 18.0 Å². The molecule has 0 bridgehead atoms. The molecule has 0 aliphatic carbocycles. The fourth-order valence-electron chi connectivity index (χ4n) is 10.2. The highest BCUT2D eigenvalue weighted by atomic mass is 16.5. The van der Waals surface area contributed by atoms with E-state index in [2.05, 4.69) is 33.1 Å². The van der Waals surface area contributed by atoms with Gasteiger partial charge in [0, 0.05) is 73.7 Å². The minimum Gasteiger partial charge on any atom is -0.481 e. The summed E-state index contributed by atoms with van der Waals surface area (Å²) in [4.78, 5) is 122. The molecule has 1 aliphatic heterocycles. The molecular weight excluding hydrogens is 1080 g/mol. The lowest BCUT2D eigenvalue weighted by atomic mass is 9.76. The number of benzene rings is 4. The number of carbonyl (C=O) groups is 9. The molecule has 1 heterocycles. The van der Waals surface area contributed by atoms with Gasteiger partial charge in [0.15, 0.2) is 5.78 Å². The second-order valence-corrected chi connectivity index (χ2v) is 24.2. The molecule has 4 aromatic carbocycles. The van der Waals surface area contributed by atoms with Gasteiger partial charge in [0.1, 0.15) is 18.4 Å². The molecule has 1 aliphatic rings. The smallest absolute Gasteiger partial charge is 0.407 e. The zero-order valence-electron chi connectivity index (χ0n) is 51.1. The molecule has 5 amide bonds. The summed E-state index contributed by atoms with van der Waals surface area (Å²) in [6, 6.07) is 25.7. The maximum Gasteiger partial charge on any atom is 0.407 e. The minimum atomic E-state index is -1.16. The van der Waals surface area contributed by atoms with E-state index in [9.17, 15) is 53.4 Å². The molecule has 18 heteroatoms. The summed E-state index contributed by atoms with van der Waals surface area (Å²) < 4.78 is 5.48. The Morgan fingerprint density at radius 1 is 0.718 bits per heavy atom. The summed E-state index contributed by atoms with van der Waals surface area (Å²) in [7, 11) is 3.29. The van der Waals surface area contributed by atoms with Crippen LogP contribution in [0.2, 0.25) is 0 Å². The Kier molecular flexibility index (Phi) is 24.1. The Hall–Kier alpha value is -8.43. The third kappa shape index (κ3) is 19.0. The van der Waals surface area contributed by atoms with Gasteiger partial charge < -0.3 is 46.0 Å². The first-order chi connectivity index (χ1) is 40.0. The molecule has 1 unspecified atom stereocenters. The van der Waals surface area contributed by atoms with Crippen LogP contribution in [0.15, 0.2) is 109 Å². The predicted octanol–water partition coefficient (Wildman–Crippen LogP) is 8.44. The summed E-state index contributed by atoms with van der Waals surface area (Å²) in [6.45, 7) is 18.5. The van der Waals surface area contributed by atoms with Crippen LogP contribution >= 0.6 is 0 Å². The van der Waals surface area contributed by atoms with Gasteiger partial charge in [-0.25, -0.2) is 9.59 Å². The number of Topliss-reactive ketones (excluding diaryl/α,β-unsaturated/α-hetero) is 2. The van der Waals surface area contributed by atoms with Gasteiger partial charge in [-0.05, 0) is 83.7 Å². The highest BCUT2D eigenvalue weighted by Crippen LogP contribution is 2.31. The molecule has 6 N–H and O–H groups in total. The maximum absolute atomic E-state index is 14.1. The fraction of sp³-hybridized carbons (Fsp3) is 0.448. The lowest BCUT2D eigenvalue weighted by molar-refractivity contribution is -0.141. The van der Waals surface area contributed by atoms with Crippen molar-refractivity contribution in [3.63, 3.8) is 0 Å². The maximum atomic E-state index is 14.1. The summed E-state index contributed by atoms with van der Waals surface area (Å²) in [5.41, 5.74) is 4.41. The van der Waals surface area contributed by atoms with Crippen LogP contribution in [0, 0.1) is 35.0 Å². The quantitative estimate of drug-likeness (QED) is 0.0231. The number of fused-ring (bicyclic) bond motifs is 2. The molecule has 0 saturated heterocycles. The number of aliphatic carboxylic acids is 2. The second-order valence-electron chi connectivity index (χ2n) is 24.2. The number of anilines is 1. The van der Waals surface area contributed by atoms with Crippen LogP contribution in [0.3, 0.4) is 0 Å². The molecule has 0 aromatic heterocycles. The zero-order valence-corrected chi connectivity index (χ0v) is 51.1. The standard InChI is InChI=1S/C67H84N6O12/c1-41(2)52(37-51(74)31-33-57(76)73-39-49-19-14-13-17-47(49)27-28-48-18-15-16-20-54(48)73)61(79)70-53(32-34-58(77)78)56(75)36-44-21-23-46(24-22-44)40-85-65(84)69-38-45-25-29-50(30-26-45)67(9,10)59(68-11)62(80)71-60(66(6,7)8)63(81)72(12)55(42(3)4)35-43(5)64(82)83/h13-26,29-30,35,41-42,52-53,55,59-60,68H,31-34,36-40H2,1-12H3,(H,69,84)(H,70,79)(H,71,80)(H,77,78)(H,82,83)/b43-35+/t52-,53-,55+,59?,60+/m0/s1. The van der Waals surface area contributed by atoms with Crippen molar-refractivity contribution < 1.29 is 58.1 Å². The normalized spacial score (nSPS) is 14.1. The molecule has 5 rings (SSSR count). The SMILES string of the molecule is CNC(C(=O)N[C@H](C(=O)N(C)[C@H](/C=C(\C)C(=O)O)C(C)C)C(C)(C)C)C(C)(C)c1ccc(CNC(=O)OCc2ccc(CC(=O)[C@H](CCC(=O)O)NC(=O)[C@@H](CC(=O)CCC(=O)N3Cc4ccccc4C#Cc4ccccc43)C(C)C)cc2)cc1. The molecular formula is C67H84N6O12. The van der Waals surface area contributed by atoms with Crippen molar-refractivity contribution >= 4 is 58.9 Å². The zero-order chi connectivity index (χ0) is 62.9. The largest absolute Gasteiger partial charge is 0.481 e. The van der Waals surface area contributed by atoms with Crippen LogP contribution < -0.4 is 26.2 Å². The number of carboxylic acids is 2. The number of ketones is 2. The first kappa shape index (κ1) is 67.4. The van der Waals surface area contributed by atoms with Crippen LogP contribution in [-0.4, -0.2) is 107 Å². The van der Waals surface area contributed by atoms with E-state index < -0.39 is 76.5 Å². The molecule has 0 fully saturated rings. The number of nitrogens with zero attached hydrogens (tertiary/aromatic N) is 2. The van der Waals surface area contributed by atoms with Crippen LogP contribution in [0.5, 0.6) is 0 Å². The monoisotopic (exact) mass is 1160 g/mol. The predicted molar refractivity (Wildman–Crippen MR) is 325 cm³/mol. The Morgan fingerprint density at radius 3 is 1.92 bits per heavy atom. The van der Waals surface area contributed by atoms with Gasteiger partial charge in [0.05, 0.1) is 30.4 Å². The van der Waals surface area contributed by atoms with Crippen molar-refractivity contribution in [2.24, 2.45) is 23.2 Å². The fourth-order valence-corrected chi connectivity index (χ4v) is 10.2. The minimum absolute atomic E-state index is 0.0882. The van der Waals surface area contributed by atoms with Crippen LogP contribution in [-0.2, 0) is 74.6 Å². The van der Waals surface area contributed by atoms with E-state index in [4.69, 9.17) is 4.74 Å². The van der Waals surface area contributed by atoms with E-state index in [0.29, 0.717) is 22.4 Å². The topological polar surface area (TPSA) is 258 Å². The Balaban J connectivity index is 1.12. The van der Waals surface area contributed by atoms with E-state index in [1.54, 1.807) is 63.2 Å². The van der Waals surface area contributed by atoms with E-state index in [1.165, 1.54) is 11.8 Å². The van der Waals surface area contributed by atoms with Crippen molar-refractivity contribution in [3.05, 3.63) is 148 Å². The number of para-hydroxylation sites is 1. The van der Waals surface area contributed by atoms with Crippen molar-refractivity contribution in [2.45, 2.75) is 157 Å². The molecule has 5 atom stereocenters. The van der Waals surface area contributed by atoms with E-state index in [0.717, 1.165) is 22.3 Å². The van der Waals surface area contributed by atoms with E-state index >= 15 is 0 Å². The third-order valence-corrected chi connectivity index (χ3v) is 15.5. The molecule has 4 aromatic rings. The highest BCUT2D eigenvalue weighted by molar-refractivity contribution is 5.98. The van der Waals surface area contributed by atoms with Gasteiger partial charge in [0.25, 0.3) is 0 Å². The molecule has 85 heavy (non-hydrogen) atoms. The number of amides is 5. The van der Waals surface area contributed by atoms with Crippen molar-refractivity contribution in [1.29, 1.82) is 0 Å². The van der Waals surface area contributed by atoms with E-state index in [1.807, 2.05) is 121 Å². The Bertz CT molecular complexity index is 3170. The molecule has 454 valence electrons. The average molecular weight is 1170 g/mol. The number of alkyl carbamates (subject to hydrolysis) is 1. The third-order valence-electron chi connectivity index (χ3n) is 15.5. The summed E-state index contributed by atoms with van der Waals surface area (Å²) in [5, 5.41) is 30.7. The first-order valence-electron chi connectivity index (χ1n) is 28.8. The number of nitrogens with one attached hydrogen (secondary N) is 4. The number of ether oxygens (including phenoxy) is 1. The van der Waals surface area contributed by atoms with Crippen molar-refractivity contribution in [2.75, 3.05) is 19.0 Å². The van der Waals surface area contributed by atoms with Gasteiger partial charge in [-0.15, -0.1) is 0 Å². The molecule has 18 nitrogen and oxygen atoms in total. The van der Waals surface area contributed by atoms with Crippen LogP contribution in [0.1, 0.15) is 140 Å². The van der Waals surface area contributed by atoms with Gasteiger partial charge in [0.2, 0.25) is 23.6 Å². The summed E-state index contributed by atoms with van der Waals surface area (Å²) >= 11 is 0. The Morgan fingerprint density at radius 2 is 1.32 bits per heavy atom. The number of hydrogen-bond acceptors (Lipinski definition) is 11. The lowest BCUT2D eigenvalue weighted by Crippen LogP contribution is -2.61. The number of likely N-dealkylation sites (N-methyl/N-ethyl adjacent to an activating group) is 2. The second kappa shape index (κ2) is 30.4. The lowest BCUT2D eigenvalue weighted by Gasteiger charge is -2.40. The van der Waals surface area contributed by atoms with Crippen LogP contribution in [0.4, 0.5) is 10.5 Å². The van der Waals surface area contributed by atoms with Gasteiger partial charge in [-0.2, -0.15) is 0 Å². The molecule has 0 radical (unpaired) electrons. The average Bonchev–Trinajstić information content (AvgIpc) is 3.39. The van der Waals surface area contributed by atoms with Crippen LogP contribution in [0.25, 0.3) is 0 Å².